The Morgan fingerprint density at radius 1 is 1.05 bits per heavy atom. The van der Waals surface area contributed by atoms with Gasteiger partial charge in [0.2, 0.25) is 0 Å². The Morgan fingerprint density at radius 2 is 1.75 bits per heavy atom. The second-order valence-corrected chi connectivity index (χ2v) is 4.66. The van der Waals surface area contributed by atoms with Crippen LogP contribution in [0, 0.1) is 0 Å². The van der Waals surface area contributed by atoms with Gasteiger partial charge in [0, 0.05) is 10.9 Å². The summed E-state index contributed by atoms with van der Waals surface area (Å²) >= 11 is 11.6. The van der Waals surface area contributed by atoms with Crippen LogP contribution in [0.25, 0.3) is 0 Å². The molecule has 1 nitrogen and oxygen atoms in total. The van der Waals surface area contributed by atoms with E-state index in [0.717, 1.165) is 6.07 Å². The van der Waals surface area contributed by atoms with Crippen LogP contribution in [0.4, 0.5) is 13.2 Å². The summed E-state index contributed by atoms with van der Waals surface area (Å²) in [4.78, 5) is 0. The van der Waals surface area contributed by atoms with Crippen LogP contribution in [0.1, 0.15) is 11.1 Å². The SMILES string of the molecule is FC(F)(F)c1ccccc1Oc1ccc(CCl)c(Cl)c1. The first-order chi connectivity index (χ1) is 9.41. The Morgan fingerprint density at radius 3 is 2.35 bits per heavy atom. The minimum Gasteiger partial charge on any atom is -0.457 e. The van der Waals surface area contributed by atoms with E-state index in [0.29, 0.717) is 10.6 Å². The molecule has 20 heavy (non-hydrogen) atoms. The summed E-state index contributed by atoms with van der Waals surface area (Å²) in [6.07, 6.45) is -4.48. The van der Waals surface area contributed by atoms with E-state index in [1.807, 2.05) is 0 Å². The number of ether oxygens (including phenoxy) is 1. The lowest BCUT2D eigenvalue weighted by molar-refractivity contribution is -0.138. The fourth-order valence-corrected chi connectivity index (χ4v) is 2.16. The zero-order chi connectivity index (χ0) is 14.8. The van der Waals surface area contributed by atoms with Crippen molar-refractivity contribution in [2.45, 2.75) is 12.1 Å². The van der Waals surface area contributed by atoms with E-state index in [1.54, 1.807) is 6.07 Å². The topological polar surface area (TPSA) is 9.23 Å². The highest BCUT2D eigenvalue weighted by molar-refractivity contribution is 6.32. The highest BCUT2D eigenvalue weighted by Crippen LogP contribution is 2.38. The van der Waals surface area contributed by atoms with E-state index in [4.69, 9.17) is 27.9 Å². The quantitative estimate of drug-likeness (QED) is 0.641. The lowest BCUT2D eigenvalue weighted by Crippen LogP contribution is -2.06. The van der Waals surface area contributed by atoms with Crippen LogP contribution >= 0.6 is 23.2 Å². The molecule has 2 aromatic carbocycles. The summed E-state index contributed by atoms with van der Waals surface area (Å²) < 4.78 is 43.7. The third-order valence-electron chi connectivity index (χ3n) is 2.59. The van der Waals surface area contributed by atoms with Crippen LogP contribution < -0.4 is 4.74 Å². The third kappa shape index (κ3) is 3.38. The van der Waals surface area contributed by atoms with Crippen LogP contribution in [0.5, 0.6) is 11.5 Å². The van der Waals surface area contributed by atoms with E-state index >= 15 is 0 Å². The maximum atomic E-state index is 12.8. The Labute approximate surface area is 123 Å². The molecule has 0 fully saturated rings. The van der Waals surface area contributed by atoms with E-state index in [1.165, 1.54) is 30.3 Å². The second-order valence-electron chi connectivity index (χ2n) is 3.98. The molecule has 0 saturated heterocycles. The van der Waals surface area contributed by atoms with Crippen molar-refractivity contribution in [2.75, 3.05) is 0 Å². The third-order valence-corrected chi connectivity index (χ3v) is 3.23. The minimum atomic E-state index is -4.48. The summed E-state index contributed by atoms with van der Waals surface area (Å²) in [7, 11) is 0. The largest absolute Gasteiger partial charge is 0.457 e. The minimum absolute atomic E-state index is 0.220. The van der Waals surface area contributed by atoms with Crippen LogP contribution in [0.15, 0.2) is 42.5 Å². The maximum absolute atomic E-state index is 12.8. The van der Waals surface area contributed by atoms with Gasteiger partial charge >= 0.3 is 6.18 Å². The fourth-order valence-electron chi connectivity index (χ4n) is 1.62. The monoisotopic (exact) mass is 320 g/mol. The van der Waals surface area contributed by atoms with Crippen molar-refractivity contribution in [2.24, 2.45) is 0 Å². The number of hydrogen-bond donors (Lipinski definition) is 0. The van der Waals surface area contributed by atoms with Gasteiger partial charge in [-0.2, -0.15) is 13.2 Å². The van der Waals surface area contributed by atoms with Gasteiger partial charge in [-0.3, -0.25) is 0 Å². The summed E-state index contributed by atoms with van der Waals surface area (Å²) in [5.74, 6) is 0.174. The van der Waals surface area contributed by atoms with E-state index in [2.05, 4.69) is 0 Å². The van der Waals surface area contributed by atoms with E-state index < -0.39 is 11.7 Å². The van der Waals surface area contributed by atoms with Crippen molar-refractivity contribution >= 4 is 23.2 Å². The van der Waals surface area contributed by atoms with Gasteiger partial charge in [-0.25, -0.2) is 0 Å². The van der Waals surface area contributed by atoms with Crippen molar-refractivity contribution in [3.05, 3.63) is 58.6 Å². The molecule has 0 radical (unpaired) electrons. The predicted octanol–water partition coefficient (Wildman–Crippen LogP) is 5.89. The molecule has 0 atom stereocenters. The molecule has 0 N–H and O–H groups in total. The average molecular weight is 321 g/mol. The van der Waals surface area contributed by atoms with Gasteiger partial charge in [0.15, 0.2) is 0 Å². The van der Waals surface area contributed by atoms with E-state index in [-0.39, 0.29) is 17.4 Å². The molecule has 0 spiro atoms. The van der Waals surface area contributed by atoms with Crippen molar-refractivity contribution in [3.63, 3.8) is 0 Å². The van der Waals surface area contributed by atoms with E-state index in [9.17, 15) is 13.2 Å². The van der Waals surface area contributed by atoms with Crippen LogP contribution in [0.3, 0.4) is 0 Å². The molecule has 2 rings (SSSR count). The normalized spacial score (nSPS) is 11.4. The first kappa shape index (κ1) is 15.0. The summed E-state index contributed by atoms with van der Waals surface area (Å²) in [6, 6.07) is 9.57. The molecule has 0 saturated carbocycles. The van der Waals surface area contributed by atoms with Gasteiger partial charge in [0.1, 0.15) is 11.5 Å². The van der Waals surface area contributed by atoms with Gasteiger partial charge in [0.25, 0.3) is 0 Å². The molecule has 0 heterocycles. The molecule has 0 aliphatic carbocycles. The van der Waals surface area contributed by atoms with Gasteiger partial charge in [-0.1, -0.05) is 29.8 Å². The Bertz CT molecular complexity index is 612. The Balaban J connectivity index is 2.33. The second kappa shape index (κ2) is 5.94. The number of benzene rings is 2. The fraction of sp³-hybridized carbons (Fsp3) is 0.143. The molecule has 2 aromatic rings. The molecule has 0 aliphatic rings. The zero-order valence-electron chi connectivity index (χ0n) is 10.0. The first-order valence-electron chi connectivity index (χ1n) is 5.60. The number of halogens is 5. The Kier molecular flexibility index (Phi) is 4.45. The van der Waals surface area contributed by atoms with Crippen LogP contribution in [-0.4, -0.2) is 0 Å². The lowest BCUT2D eigenvalue weighted by Gasteiger charge is -2.14. The molecule has 6 heteroatoms. The predicted molar refractivity (Wildman–Crippen MR) is 72.5 cm³/mol. The van der Waals surface area contributed by atoms with Crippen LogP contribution in [0.2, 0.25) is 5.02 Å². The number of rotatable bonds is 3. The molecule has 106 valence electrons. The van der Waals surface area contributed by atoms with Gasteiger partial charge in [0.05, 0.1) is 5.56 Å². The number of alkyl halides is 4. The highest BCUT2D eigenvalue weighted by Gasteiger charge is 2.34. The van der Waals surface area contributed by atoms with Crippen molar-refractivity contribution in [1.82, 2.24) is 0 Å². The molecular weight excluding hydrogens is 312 g/mol. The van der Waals surface area contributed by atoms with Crippen molar-refractivity contribution in [1.29, 1.82) is 0 Å². The molecule has 0 unspecified atom stereocenters. The number of hydrogen-bond acceptors (Lipinski definition) is 1. The average Bonchev–Trinajstić information content (AvgIpc) is 2.38. The molecule has 0 bridgehead atoms. The summed E-state index contributed by atoms with van der Waals surface area (Å²) in [6.45, 7) is 0. The maximum Gasteiger partial charge on any atom is 0.419 e. The summed E-state index contributed by atoms with van der Waals surface area (Å²) in [5.41, 5.74) is -0.151. The zero-order valence-corrected chi connectivity index (χ0v) is 11.6. The standard InChI is InChI=1S/C14H9Cl2F3O/c15-8-9-5-6-10(7-12(9)16)20-13-4-2-1-3-11(13)14(17,18)19/h1-7H,8H2. The Hall–Kier alpha value is -1.39. The smallest absolute Gasteiger partial charge is 0.419 e. The summed E-state index contributed by atoms with van der Waals surface area (Å²) in [5, 5.41) is 0.349. The molecule has 0 aromatic heterocycles. The molecule has 0 amide bonds. The lowest BCUT2D eigenvalue weighted by atomic mass is 10.2. The first-order valence-corrected chi connectivity index (χ1v) is 6.51. The molecule has 0 aliphatic heterocycles. The molecular formula is C14H9Cl2F3O. The van der Waals surface area contributed by atoms with Gasteiger partial charge < -0.3 is 4.74 Å². The van der Waals surface area contributed by atoms with Gasteiger partial charge in [-0.15, -0.1) is 11.6 Å². The van der Waals surface area contributed by atoms with Crippen LogP contribution in [-0.2, 0) is 12.1 Å². The highest BCUT2D eigenvalue weighted by atomic mass is 35.5. The van der Waals surface area contributed by atoms with Gasteiger partial charge in [-0.05, 0) is 29.8 Å². The van der Waals surface area contributed by atoms with Crippen molar-refractivity contribution < 1.29 is 17.9 Å². The van der Waals surface area contributed by atoms with Crippen molar-refractivity contribution in [3.8, 4) is 11.5 Å². The number of para-hydroxylation sites is 1.